The van der Waals surface area contributed by atoms with E-state index in [2.05, 4.69) is 53.4 Å². The highest BCUT2D eigenvalue weighted by Crippen LogP contribution is 2.04. The highest BCUT2D eigenvalue weighted by molar-refractivity contribution is 5.79. The lowest BCUT2D eigenvalue weighted by Gasteiger charge is -2.38. The van der Waals surface area contributed by atoms with E-state index in [0.29, 0.717) is 12.1 Å². The molecule has 1 rings (SSSR count). The van der Waals surface area contributed by atoms with Crippen molar-refractivity contribution in [2.75, 3.05) is 47.3 Å². The summed E-state index contributed by atoms with van der Waals surface area (Å²) in [7, 11) is 6.19. The molecule has 1 aliphatic heterocycles. The largest absolute Gasteiger partial charge is 0.355 e. The van der Waals surface area contributed by atoms with Crippen LogP contribution in [0.3, 0.4) is 0 Å². The van der Waals surface area contributed by atoms with Gasteiger partial charge in [0.1, 0.15) is 0 Å². The van der Waals surface area contributed by atoms with E-state index in [9.17, 15) is 0 Å². The number of piperazine rings is 1. The molecule has 0 aromatic rings. The van der Waals surface area contributed by atoms with Gasteiger partial charge in [0.2, 0.25) is 0 Å². The molecule has 1 fully saturated rings. The van der Waals surface area contributed by atoms with E-state index in [-0.39, 0.29) is 0 Å². The van der Waals surface area contributed by atoms with Crippen LogP contribution in [-0.4, -0.2) is 75.2 Å². The molecule has 5 nitrogen and oxygen atoms in total. The summed E-state index contributed by atoms with van der Waals surface area (Å²) in [6.45, 7) is 8.58. The summed E-state index contributed by atoms with van der Waals surface area (Å²) in [6.07, 6.45) is 0. The van der Waals surface area contributed by atoms with Crippen molar-refractivity contribution < 1.29 is 0 Å². The number of likely N-dealkylation sites (N-methyl/N-ethyl adjacent to an activating group) is 2. The number of hydrogen-bond donors (Lipinski definition) is 2. The third-order valence-corrected chi connectivity index (χ3v) is 3.13. The standard InChI is InChI=1S/C12H27N5/c1-10(2)15-12(13-3)14-8-11-9-16(4)6-7-17(11)5/h10-11H,6-9H2,1-5H3,(H2,13,14,15). The first kappa shape index (κ1) is 14.3. The normalized spacial score (nSPS) is 24.1. The fourth-order valence-corrected chi connectivity index (χ4v) is 2.00. The first-order valence-corrected chi connectivity index (χ1v) is 6.39. The number of nitrogens with zero attached hydrogens (tertiary/aromatic N) is 3. The fraction of sp³-hybridized carbons (Fsp3) is 0.917. The molecule has 100 valence electrons. The van der Waals surface area contributed by atoms with Crippen LogP contribution in [-0.2, 0) is 0 Å². The monoisotopic (exact) mass is 241 g/mol. The Morgan fingerprint density at radius 1 is 1.35 bits per heavy atom. The van der Waals surface area contributed by atoms with E-state index < -0.39 is 0 Å². The first-order chi connectivity index (χ1) is 8.02. The van der Waals surface area contributed by atoms with Crippen LogP contribution in [0.4, 0.5) is 0 Å². The SMILES string of the molecule is CN=C(NCC1CN(C)CCN1C)NC(C)C. The zero-order chi connectivity index (χ0) is 12.8. The van der Waals surface area contributed by atoms with E-state index in [0.717, 1.165) is 32.1 Å². The summed E-state index contributed by atoms with van der Waals surface area (Å²) < 4.78 is 0. The Kier molecular flexibility index (Phi) is 5.71. The van der Waals surface area contributed by atoms with Crippen molar-refractivity contribution in [1.29, 1.82) is 0 Å². The van der Waals surface area contributed by atoms with E-state index in [1.165, 1.54) is 0 Å². The summed E-state index contributed by atoms with van der Waals surface area (Å²) in [5.41, 5.74) is 0. The zero-order valence-corrected chi connectivity index (χ0v) is 11.8. The molecule has 1 heterocycles. The van der Waals surface area contributed by atoms with E-state index in [4.69, 9.17) is 0 Å². The van der Waals surface area contributed by atoms with Gasteiger partial charge in [0, 0.05) is 45.3 Å². The number of aliphatic imine (C=N–C) groups is 1. The first-order valence-electron chi connectivity index (χ1n) is 6.39. The van der Waals surface area contributed by atoms with Crippen molar-refractivity contribution in [2.24, 2.45) is 4.99 Å². The summed E-state index contributed by atoms with van der Waals surface area (Å²) in [5, 5.41) is 6.69. The minimum absolute atomic E-state index is 0.410. The summed E-state index contributed by atoms with van der Waals surface area (Å²) in [6, 6.07) is 0.965. The van der Waals surface area contributed by atoms with Gasteiger partial charge in [0.15, 0.2) is 5.96 Å². The molecule has 5 heteroatoms. The molecule has 0 spiro atoms. The molecule has 1 saturated heterocycles. The van der Waals surface area contributed by atoms with Crippen LogP contribution in [0.15, 0.2) is 4.99 Å². The smallest absolute Gasteiger partial charge is 0.191 e. The Balaban J connectivity index is 2.37. The van der Waals surface area contributed by atoms with Gasteiger partial charge in [0.25, 0.3) is 0 Å². The molecule has 0 saturated carbocycles. The van der Waals surface area contributed by atoms with Crippen LogP contribution in [0.1, 0.15) is 13.8 Å². The predicted molar refractivity (Wildman–Crippen MR) is 73.5 cm³/mol. The average Bonchev–Trinajstić information content (AvgIpc) is 2.28. The van der Waals surface area contributed by atoms with Crippen LogP contribution >= 0.6 is 0 Å². The van der Waals surface area contributed by atoms with Crippen molar-refractivity contribution in [3.63, 3.8) is 0 Å². The van der Waals surface area contributed by atoms with Crippen molar-refractivity contribution in [3.05, 3.63) is 0 Å². The molecule has 0 amide bonds. The molecule has 1 atom stereocenters. The molecule has 1 unspecified atom stereocenters. The Morgan fingerprint density at radius 3 is 2.65 bits per heavy atom. The Bertz CT molecular complexity index is 251. The Morgan fingerprint density at radius 2 is 2.06 bits per heavy atom. The number of hydrogen-bond acceptors (Lipinski definition) is 3. The highest BCUT2D eigenvalue weighted by atomic mass is 15.3. The zero-order valence-electron chi connectivity index (χ0n) is 11.8. The summed E-state index contributed by atoms with van der Waals surface area (Å²) >= 11 is 0. The maximum atomic E-state index is 4.22. The van der Waals surface area contributed by atoms with Gasteiger partial charge < -0.3 is 15.5 Å². The molecule has 0 radical (unpaired) electrons. The van der Waals surface area contributed by atoms with Crippen LogP contribution in [0.25, 0.3) is 0 Å². The molecule has 0 aromatic heterocycles. The average molecular weight is 241 g/mol. The second-order valence-corrected chi connectivity index (χ2v) is 5.15. The lowest BCUT2D eigenvalue weighted by atomic mass is 10.2. The van der Waals surface area contributed by atoms with Crippen molar-refractivity contribution in [2.45, 2.75) is 25.9 Å². The molecule has 0 aromatic carbocycles. The van der Waals surface area contributed by atoms with E-state index in [1.54, 1.807) is 0 Å². The maximum absolute atomic E-state index is 4.22. The topological polar surface area (TPSA) is 42.9 Å². The van der Waals surface area contributed by atoms with Gasteiger partial charge >= 0.3 is 0 Å². The maximum Gasteiger partial charge on any atom is 0.191 e. The van der Waals surface area contributed by atoms with E-state index >= 15 is 0 Å². The summed E-state index contributed by atoms with van der Waals surface area (Å²) in [4.78, 5) is 9.01. The molecular weight excluding hydrogens is 214 g/mol. The lowest BCUT2D eigenvalue weighted by Crippen LogP contribution is -2.55. The number of nitrogens with one attached hydrogen (secondary N) is 2. The van der Waals surface area contributed by atoms with Gasteiger partial charge in [-0.05, 0) is 27.9 Å². The minimum Gasteiger partial charge on any atom is -0.355 e. The van der Waals surface area contributed by atoms with Crippen LogP contribution < -0.4 is 10.6 Å². The molecule has 1 aliphatic rings. The third kappa shape index (κ3) is 4.91. The van der Waals surface area contributed by atoms with Crippen LogP contribution in [0, 0.1) is 0 Å². The fourth-order valence-electron chi connectivity index (χ4n) is 2.00. The quantitative estimate of drug-likeness (QED) is 0.531. The second kappa shape index (κ2) is 6.81. The number of guanidine groups is 1. The molecule has 17 heavy (non-hydrogen) atoms. The van der Waals surface area contributed by atoms with Gasteiger partial charge in [-0.15, -0.1) is 0 Å². The minimum atomic E-state index is 0.410. The lowest BCUT2D eigenvalue weighted by molar-refractivity contribution is 0.116. The molecular formula is C12H27N5. The van der Waals surface area contributed by atoms with Crippen molar-refractivity contribution in [3.8, 4) is 0 Å². The Hall–Kier alpha value is -0.810. The molecule has 2 N–H and O–H groups in total. The third-order valence-electron chi connectivity index (χ3n) is 3.13. The van der Waals surface area contributed by atoms with E-state index in [1.807, 2.05) is 7.05 Å². The van der Waals surface area contributed by atoms with Gasteiger partial charge in [-0.25, -0.2) is 0 Å². The molecule has 0 bridgehead atoms. The van der Waals surface area contributed by atoms with Gasteiger partial charge in [-0.2, -0.15) is 0 Å². The Labute approximate surface area is 105 Å². The van der Waals surface area contributed by atoms with Crippen LogP contribution in [0.2, 0.25) is 0 Å². The van der Waals surface area contributed by atoms with Gasteiger partial charge in [-0.1, -0.05) is 0 Å². The van der Waals surface area contributed by atoms with Gasteiger partial charge in [-0.3, -0.25) is 9.89 Å². The second-order valence-electron chi connectivity index (χ2n) is 5.15. The predicted octanol–water partition coefficient (Wildman–Crippen LogP) is -0.194. The molecule has 0 aliphatic carbocycles. The van der Waals surface area contributed by atoms with Crippen molar-refractivity contribution >= 4 is 5.96 Å². The van der Waals surface area contributed by atoms with Crippen molar-refractivity contribution in [1.82, 2.24) is 20.4 Å². The highest BCUT2D eigenvalue weighted by Gasteiger charge is 2.21. The van der Waals surface area contributed by atoms with Gasteiger partial charge in [0.05, 0.1) is 0 Å². The summed E-state index contributed by atoms with van der Waals surface area (Å²) in [5.74, 6) is 0.890. The van der Waals surface area contributed by atoms with Crippen LogP contribution in [0.5, 0.6) is 0 Å². The number of rotatable bonds is 3.